The van der Waals surface area contributed by atoms with Gasteiger partial charge in [0, 0.05) is 57.0 Å². The number of benzene rings is 1. The summed E-state index contributed by atoms with van der Waals surface area (Å²) in [6.45, 7) is 8.41. The number of hydrogen-bond donors (Lipinski definition) is 1. The average molecular weight is 631 g/mol. The molecule has 0 aliphatic heterocycles. The first-order valence-corrected chi connectivity index (χ1v) is 16.5. The maximum Gasteiger partial charge on any atom is 0.306 e. The molecule has 1 saturated carbocycles. The van der Waals surface area contributed by atoms with Crippen LogP contribution in [0.2, 0.25) is 0 Å². The molecule has 0 unspecified atom stereocenters. The van der Waals surface area contributed by atoms with Crippen molar-refractivity contribution in [3.05, 3.63) is 34.4 Å². The zero-order chi connectivity index (χ0) is 30.8. The highest BCUT2D eigenvalue weighted by atomic mass is 33.1. The summed E-state index contributed by atoms with van der Waals surface area (Å²) in [7, 11) is 9.29. The van der Waals surface area contributed by atoms with Gasteiger partial charge in [-0.25, -0.2) is 4.63 Å². The van der Waals surface area contributed by atoms with E-state index in [4.69, 9.17) is 9.84 Å². The summed E-state index contributed by atoms with van der Waals surface area (Å²) in [6, 6.07) is 5.67. The Kier molecular flexibility index (Phi) is 20.4. The molecule has 240 valence electrons. The van der Waals surface area contributed by atoms with E-state index in [1.54, 1.807) is 39.8 Å². The quantitative estimate of drug-likeness (QED) is 0.215. The zero-order valence-corrected chi connectivity index (χ0v) is 27.6. The first-order chi connectivity index (χ1) is 19.6. The fourth-order valence-corrected chi connectivity index (χ4v) is 6.08. The van der Waals surface area contributed by atoms with E-state index in [1.807, 2.05) is 51.7 Å². The molecule has 13 heteroatoms. The molecule has 1 amide bonds. The van der Waals surface area contributed by atoms with E-state index < -0.39 is 11.9 Å². The summed E-state index contributed by atoms with van der Waals surface area (Å²) in [5, 5.41) is 16.0. The summed E-state index contributed by atoms with van der Waals surface area (Å²) in [5.74, 6) is -0.382. The molecule has 11 nitrogen and oxygen atoms in total. The number of esters is 1. The number of amides is 1. The Hall–Kier alpha value is -2.77. The molecule has 1 aliphatic rings. The SMILES string of the molecule is CC.CCSS/C(CCOC(=O)CCC(=O)O)=C(/C)N(C)C.CN(C(=O)c1ccc2nonc2c1)C1CCCCC1.O.[HH]. The van der Waals surface area contributed by atoms with Gasteiger partial charge in [-0.2, -0.15) is 0 Å². The Morgan fingerprint density at radius 2 is 1.69 bits per heavy atom. The monoisotopic (exact) mass is 630 g/mol. The van der Waals surface area contributed by atoms with Crippen LogP contribution in [0.1, 0.15) is 90.8 Å². The van der Waals surface area contributed by atoms with E-state index in [1.165, 1.54) is 24.2 Å². The van der Waals surface area contributed by atoms with Gasteiger partial charge >= 0.3 is 11.9 Å². The predicted octanol–water partition coefficient (Wildman–Crippen LogP) is 6.05. The molecule has 1 aromatic carbocycles. The highest BCUT2D eigenvalue weighted by Gasteiger charge is 2.23. The van der Waals surface area contributed by atoms with Crippen molar-refractivity contribution in [2.45, 2.75) is 85.1 Å². The van der Waals surface area contributed by atoms with E-state index >= 15 is 0 Å². The number of carbonyl (C=O) groups is 3. The molecule has 1 heterocycles. The van der Waals surface area contributed by atoms with Gasteiger partial charge in [0.2, 0.25) is 0 Å². The first-order valence-electron chi connectivity index (χ1n) is 14.2. The van der Waals surface area contributed by atoms with Gasteiger partial charge < -0.3 is 25.1 Å². The molecule has 0 radical (unpaired) electrons. The molecule has 3 N–H and O–H groups in total. The topological polar surface area (TPSA) is 158 Å². The Bertz CT molecular complexity index is 1130. The summed E-state index contributed by atoms with van der Waals surface area (Å²) in [4.78, 5) is 39.2. The van der Waals surface area contributed by atoms with Crippen LogP contribution in [0.15, 0.2) is 33.4 Å². The molecule has 42 heavy (non-hydrogen) atoms. The number of rotatable bonds is 12. The van der Waals surface area contributed by atoms with Crippen LogP contribution >= 0.6 is 21.6 Å². The number of hydrogen-bond acceptors (Lipinski definition) is 10. The standard InChI is InChI=1S/C14H17N3O2.C13H23NO4S2.C2H6.H2O.H2/c1-17(11-5-3-2-4-6-11)14(18)10-7-8-12-13(9-10)16-19-15-12;1-5-19-20-11(10(2)14(3)4)8-9-18-13(17)7-6-12(15)16;1-2;;/h7-9,11H,2-6H2,1H3;5-9H2,1-4H3,(H,15,16);1-2H3;1H2;1H/b;11-10-;;;. The van der Waals surface area contributed by atoms with E-state index in [9.17, 15) is 14.4 Å². The van der Waals surface area contributed by atoms with E-state index in [0.29, 0.717) is 29.1 Å². The van der Waals surface area contributed by atoms with Crippen LogP contribution in [0, 0.1) is 0 Å². The van der Waals surface area contributed by atoms with Crippen molar-refractivity contribution in [1.29, 1.82) is 0 Å². The molecule has 2 aromatic rings. The number of ether oxygens (including phenoxy) is 1. The van der Waals surface area contributed by atoms with E-state index in [-0.39, 0.29) is 32.3 Å². The molecule has 1 aliphatic carbocycles. The van der Waals surface area contributed by atoms with Gasteiger partial charge in [0.1, 0.15) is 11.0 Å². The van der Waals surface area contributed by atoms with Crippen LogP contribution in [0.25, 0.3) is 11.0 Å². The molecule has 3 rings (SSSR count). The minimum absolute atomic E-state index is 0. The fraction of sp³-hybridized carbons (Fsp3) is 0.621. The molecular weight excluding hydrogens is 580 g/mol. The number of aromatic nitrogens is 2. The van der Waals surface area contributed by atoms with Crippen molar-refractivity contribution < 1.29 is 35.8 Å². The van der Waals surface area contributed by atoms with Gasteiger partial charge in [0.25, 0.3) is 5.91 Å². The van der Waals surface area contributed by atoms with Gasteiger partial charge in [-0.1, -0.05) is 61.6 Å². The lowest BCUT2D eigenvalue weighted by Gasteiger charge is -2.31. The number of carbonyl (C=O) groups excluding carboxylic acids is 2. The maximum absolute atomic E-state index is 12.5. The maximum atomic E-state index is 12.5. The second-order valence-electron chi connectivity index (χ2n) is 9.43. The predicted molar refractivity (Wildman–Crippen MR) is 172 cm³/mol. The zero-order valence-electron chi connectivity index (χ0n) is 26.0. The lowest BCUT2D eigenvalue weighted by molar-refractivity contribution is -0.147. The number of aliphatic carboxylic acids is 1. The van der Waals surface area contributed by atoms with Crippen molar-refractivity contribution >= 4 is 50.5 Å². The van der Waals surface area contributed by atoms with Crippen molar-refractivity contribution in [2.24, 2.45) is 0 Å². The fourth-order valence-electron chi connectivity index (χ4n) is 3.95. The van der Waals surface area contributed by atoms with Crippen molar-refractivity contribution in [3.8, 4) is 0 Å². The molecule has 0 bridgehead atoms. The Morgan fingerprint density at radius 3 is 2.29 bits per heavy atom. The summed E-state index contributed by atoms with van der Waals surface area (Å²) >= 11 is 0. The number of fused-ring (bicyclic) bond motifs is 1. The summed E-state index contributed by atoms with van der Waals surface area (Å²) in [6.07, 6.45) is 6.33. The van der Waals surface area contributed by atoms with Crippen LogP contribution in [0.4, 0.5) is 0 Å². The minimum Gasteiger partial charge on any atom is -0.481 e. The Labute approximate surface area is 258 Å². The van der Waals surface area contributed by atoms with Gasteiger partial charge in [0.15, 0.2) is 0 Å². The molecule has 0 spiro atoms. The Balaban J connectivity index is 0. The van der Waals surface area contributed by atoms with Crippen molar-refractivity contribution in [2.75, 3.05) is 33.5 Å². The average Bonchev–Trinajstić information content (AvgIpc) is 3.46. The van der Waals surface area contributed by atoms with Crippen LogP contribution < -0.4 is 0 Å². The highest BCUT2D eigenvalue weighted by molar-refractivity contribution is 8.78. The van der Waals surface area contributed by atoms with Crippen LogP contribution in [0.5, 0.6) is 0 Å². The van der Waals surface area contributed by atoms with E-state index in [2.05, 4.69) is 21.9 Å². The van der Waals surface area contributed by atoms with Gasteiger partial charge in [0.05, 0.1) is 19.4 Å². The van der Waals surface area contributed by atoms with Crippen LogP contribution in [0.3, 0.4) is 0 Å². The van der Waals surface area contributed by atoms with Gasteiger partial charge in [-0.05, 0) is 48.3 Å². The van der Waals surface area contributed by atoms with Crippen LogP contribution in [-0.2, 0) is 14.3 Å². The second-order valence-corrected chi connectivity index (χ2v) is 12.1. The molecule has 0 saturated heterocycles. The number of carboxylic acid groups (broad SMARTS) is 1. The third kappa shape index (κ3) is 13.9. The Morgan fingerprint density at radius 1 is 1.05 bits per heavy atom. The number of allylic oxidation sites excluding steroid dienone is 1. The van der Waals surface area contributed by atoms with E-state index in [0.717, 1.165) is 24.3 Å². The third-order valence-electron chi connectivity index (χ3n) is 6.43. The summed E-state index contributed by atoms with van der Waals surface area (Å²) < 4.78 is 9.71. The van der Waals surface area contributed by atoms with Crippen molar-refractivity contribution in [3.63, 3.8) is 0 Å². The number of nitrogens with zero attached hydrogens (tertiary/aromatic N) is 4. The second kappa shape index (κ2) is 21.9. The van der Waals surface area contributed by atoms with Gasteiger partial charge in [-0.15, -0.1) is 0 Å². The number of carboxylic acids is 1. The minimum atomic E-state index is -0.985. The smallest absolute Gasteiger partial charge is 0.306 e. The van der Waals surface area contributed by atoms with Gasteiger partial charge in [-0.3, -0.25) is 14.4 Å². The lowest BCUT2D eigenvalue weighted by Crippen LogP contribution is -2.38. The van der Waals surface area contributed by atoms with Crippen LogP contribution in [-0.4, -0.2) is 88.1 Å². The normalized spacial score (nSPS) is 13.3. The molecule has 1 aromatic heterocycles. The van der Waals surface area contributed by atoms with Crippen molar-refractivity contribution in [1.82, 2.24) is 20.1 Å². The first kappa shape index (κ1) is 39.2. The highest BCUT2D eigenvalue weighted by Crippen LogP contribution is 2.34. The summed E-state index contributed by atoms with van der Waals surface area (Å²) in [5.41, 5.74) is 3.11. The lowest BCUT2D eigenvalue weighted by atomic mass is 9.94. The third-order valence-corrected chi connectivity index (χ3v) is 9.15. The molecule has 0 atom stereocenters. The largest absolute Gasteiger partial charge is 0.481 e. The molecular formula is C29H50N4O7S2. The molecule has 1 fully saturated rings.